The van der Waals surface area contributed by atoms with Crippen LogP contribution in [0.3, 0.4) is 0 Å². The molecule has 0 radical (unpaired) electrons. The minimum Gasteiger partial charge on any atom is -0.492 e. The minimum absolute atomic E-state index is 0.00945. The highest BCUT2D eigenvalue weighted by molar-refractivity contribution is 7.19. The third-order valence-corrected chi connectivity index (χ3v) is 7.71. The molecule has 9 nitrogen and oxygen atoms in total. The van der Waals surface area contributed by atoms with Crippen LogP contribution in [0.25, 0.3) is 21.1 Å². The molecule has 0 saturated heterocycles. The number of nitrogens with zero attached hydrogens (tertiary/aromatic N) is 4. The molecule has 0 spiro atoms. The third-order valence-electron chi connectivity index (χ3n) is 6.55. The average Bonchev–Trinajstić information content (AvgIpc) is 3.48. The average molecular weight is 495 g/mol. The molecule has 0 fully saturated rings. The van der Waals surface area contributed by atoms with E-state index in [2.05, 4.69) is 25.5 Å². The molecule has 0 aliphatic heterocycles. The summed E-state index contributed by atoms with van der Waals surface area (Å²) in [4.78, 5) is 26.4. The van der Waals surface area contributed by atoms with E-state index in [1.807, 2.05) is 30.9 Å². The number of carbonyl (C=O) groups excluding carboxylic acids is 1. The number of rotatable bonds is 9. The number of amides is 1. The molecule has 0 saturated carbocycles. The number of H-pyrrole nitrogens is 1. The monoisotopic (exact) mass is 494 g/mol. The Balaban J connectivity index is 1.45. The van der Waals surface area contributed by atoms with Crippen molar-refractivity contribution in [2.75, 3.05) is 38.7 Å². The first-order valence-corrected chi connectivity index (χ1v) is 12.8. The molecule has 1 atom stereocenters. The van der Waals surface area contributed by atoms with Crippen molar-refractivity contribution in [3.05, 3.63) is 35.1 Å². The van der Waals surface area contributed by atoms with Gasteiger partial charge in [-0.1, -0.05) is 0 Å². The third kappa shape index (κ3) is 4.55. The van der Waals surface area contributed by atoms with Gasteiger partial charge in [-0.15, -0.1) is 11.3 Å². The van der Waals surface area contributed by atoms with Crippen LogP contribution in [0, 0.1) is 5.92 Å². The molecule has 10 heteroatoms. The highest BCUT2D eigenvalue weighted by Crippen LogP contribution is 2.42. The zero-order chi connectivity index (χ0) is 24.4. The van der Waals surface area contributed by atoms with E-state index < -0.39 is 0 Å². The van der Waals surface area contributed by atoms with E-state index >= 15 is 0 Å². The minimum atomic E-state index is -0.00945. The Bertz CT molecular complexity index is 1350. The van der Waals surface area contributed by atoms with Crippen LogP contribution in [-0.2, 0) is 22.4 Å². The number of nitrogens with one attached hydrogen (secondary N) is 2. The van der Waals surface area contributed by atoms with Crippen LogP contribution in [0.2, 0.25) is 0 Å². The van der Waals surface area contributed by atoms with Crippen LogP contribution < -0.4 is 10.1 Å². The summed E-state index contributed by atoms with van der Waals surface area (Å²) in [7, 11) is 1.67. The molecule has 1 aliphatic rings. The number of fused-ring (bicyclic) bond motifs is 4. The van der Waals surface area contributed by atoms with Gasteiger partial charge in [-0.3, -0.25) is 9.89 Å². The Kier molecular flexibility index (Phi) is 6.83. The molecule has 5 rings (SSSR count). The van der Waals surface area contributed by atoms with E-state index in [4.69, 9.17) is 9.47 Å². The van der Waals surface area contributed by atoms with Crippen LogP contribution in [0.5, 0.6) is 5.75 Å². The number of aryl methyl sites for hydroxylation is 1. The number of carbonyl (C=O) groups is 1. The van der Waals surface area contributed by atoms with Crippen molar-refractivity contribution >= 4 is 49.9 Å². The van der Waals surface area contributed by atoms with Gasteiger partial charge in [0.1, 0.15) is 22.7 Å². The number of ether oxygens (including phenoxy) is 2. The fourth-order valence-electron chi connectivity index (χ4n) is 4.77. The van der Waals surface area contributed by atoms with E-state index in [0.717, 1.165) is 57.6 Å². The normalized spacial score (nSPS) is 15.3. The molecule has 0 bridgehead atoms. The summed E-state index contributed by atoms with van der Waals surface area (Å²) in [6, 6.07) is 3.97. The van der Waals surface area contributed by atoms with E-state index in [1.54, 1.807) is 31.0 Å². The Morgan fingerprint density at radius 2 is 2.20 bits per heavy atom. The fraction of sp³-hybridized carbons (Fsp3) is 0.440. The summed E-state index contributed by atoms with van der Waals surface area (Å²) < 4.78 is 11.1. The van der Waals surface area contributed by atoms with Crippen LogP contribution in [0.1, 0.15) is 30.7 Å². The summed E-state index contributed by atoms with van der Waals surface area (Å²) >= 11 is 1.67. The molecular weight excluding hydrogens is 464 g/mol. The molecule has 2 N–H and O–H groups in total. The Morgan fingerprint density at radius 3 is 3.00 bits per heavy atom. The van der Waals surface area contributed by atoms with E-state index in [1.165, 1.54) is 10.4 Å². The quantitative estimate of drug-likeness (QED) is 0.357. The zero-order valence-corrected chi connectivity index (χ0v) is 21.1. The second kappa shape index (κ2) is 10.2. The number of likely N-dealkylation sites (N-methyl/N-ethyl adjacent to an activating group) is 1. The van der Waals surface area contributed by atoms with Gasteiger partial charge in [0, 0.05) is 42.4 Å². The molecule has 184 valence electrons. The number of methoxy groups -OCH3 is 1. The Hall–Kier alpha value is -3.24. The van der Waals surface area contributed by atoms with Crippen molar-refractivity contribution in [1.29, 1.82) is 0 Å². The van der Waals surface area contributed by atoms with Gasteiger partial charge in [-0.2, -0.15) is 5.10 Å². The first-order chi connectivity index (χ1) is 17.1. The molecule has 1 unspecified atom stereocenters. The molecular formula is C25H30N6O3S. The SMILES string of the molecule is CCOc1cc2[nH]ncc2cc1Nc1ncnc2sc3c(c12)CCC(C(=O)N(CC)CCOC)C3. The lowest BCUT2D eigenvalue weighted by atomic mass is 9.87. The molecule has 4 aromatic rings. The maximum atomic E-state index is 13.2. The molecule has 3 heterocycles. The number of benzene rings is 1. The number of hydrogen-bond acceptors (Lipinski definition) is 8. The van der Waals surface area contributed by atoms with Gasteiger partial charge in [0.2, 0.25) is 5.91 Å². The van der Waals surface area contributed by atoms with Gasteiger partial charge < -0.3 is 19.7 Å². The summed E-state index contributed by atoms with van der Waals surface area (Å²) in [6.07, 6.45) is 5.77. The van der Waals surface area contributed by atoms with Crippen LogP contribution in [0.15, 0.2) is 24.7 Å². The number of aromatic nitrogens is 4. The van der Waals surface area contributed by atoms with Crippen molar-refractivity contribution in [1.82, 2.24) is 25.1 Å². The molecule has 1 aromatic carbocycles. The highest BCUT2D eigenvalue weighted by atomic mass is 32.1. The van der Waals surface area contributed by atoms with Crippen molar-refractivity contribution in [3.63, 3.8) is 0 Å². The largest absolute Gasteiger partial charge is 0.492 e. The lowest BCUT2D eigenvalue weighted by molar-refractivity contribution is -0.136. The lowest BCUT2D eigenvalue weighted by Gasteiger charge is -2.28. The zero-order valence-electron chi connectivity index (χ0n) is 20.3. The maximum Gasteiger partial charge on any atom is 0.226 e. The van der Waals surface area contributed by atoms with Gasteiger partial charge in [0.15, 0.2) is 0 Å². The standard InChI is InChI=1S/C25H30N6O3S/c1-4-31(8-9-33-3)25(32)15-6-7-17-21(11-15)35-24-22(17)23(26-14-27-24)29-19-10-16-13-28-30-18(16)12-20(19)34-5-2/h10,12-15H,4-9,11H2,1-3H3,(H,28,30)(H,26,27,29). The van der Waals surface area contributed by atoms with Crippen LogP contribution >= 0.6 is 11.3 Å². The molecule has 3 aromatic heterocycles. The second-order valence-corrected chi connectivity index (χ2v) is 9.70. The van der Waals surface area contributed by atoms with Crippen LogP contribution in [0.4, 0.5) is 11.5 Å². The number of anilines is 2. The topological polar surface area (TPSA) is 105 Å². The van der Waals surface area contributed by atoms with Crippen LogP contribution in [-0.4, -0.2) is 64.4 Å². The summed E-state index contributed by atoms with van der Waals surface area (Å²) in [5.41, 5.74) is 3.00. The first kappa shape index (κ1) is 23.5. The molecule has 1 aliphatic carbocycles. The van der Waals surface area contributed by atoms with Gasteiger partial charge in [0.05, 0.1) is 36.0 Å². The van der Waals surface area contributed by atoms with Gasteiger partial charge in [-0.25, -0.2) is 9.97 Å². The predicted molar refractivity (Wildman–Crippen MR) is 138 cm³/mol. The summed E-state index contributed by atoms with van der Waals surface area (Å²) in [5.74, 6) is 1.70. The van der Waals surface area contributed by atoms with E-state index in [9.17, 15) is 4.79 Å². The Morgan fingerprint density at radius 1 is 1.31 bits per heavy atom. The summed E-state index contributed by atoms with van der Waals surface area (Å²) in [6.45, 7) is 6.41. The van der Waals surface area contributed by atoms with Crippen molar-refractivity contribution < 1.29 is 14.3 Å². The fourth-order valence-corrected chi connectivity index (χ4v) is 6.04. The lowest BCUT2D eigenvalue weighted by Crippen LogP contribution is -2.39. The van der Waals surface area contributed by atoms with Gasteiger partial charge >= 0.3 is 0 Å². The molecule has 35 heavy (non-hydrogen) atoms. The van der Waals surface area contributed by atoms with E-state index in [0.29, 0.717) is 26.3 Å². The summed E-state index contributed by atoms with van der Waals surface area (Å²) in [5, 5.41) is 12.7. The number of aromatic amines is 1. The maximum absolute atomic E-state index is 13.2. The van der Waals surface area contributed by atoms with Gasteiger partial charge in [0.25, 0.3) is 0 Å². The highest BCUT2D eigenvalue weighted by Gasteiger charge is 2.31. The predicted octanol–water partition coefficient (Wildman–Crippen LogP) is 4.31. The van der Waals surface area contributed by atoms with Gasteiger partial charge in [-0.05, 0) is 44.7 Å². The smallest absolute Gasteiger partial charge is 0.226 e. The second-order valence-electron chi connectivity index (χ2n) is 8.62. The van der Waals surface area contributed by atoms with Crippen molar-refractivity contribution in [2.24, 2.45) is 5.92 Å². The van der Waals surface area contributed by atoms with Crippen molar-refractivity contribution in [3.8, 4) is 5.75 Å². The number of thiophene rings is 1. The van der Waals surface area contributed by atoms with Crippen molar-refractivity contribution in [2.45, 2.75) is 33.1 Å². The van der Waals surface area contributed by atoms with E-state index in [-0.39, 0.29) is 11.8 Å². The first-order valence-electron chi connectivity index (χ1n) is 12.0. The number of hydrogen-bond donors (Lipinski definition) is 2. The Labute approximate surface area is 207 Å². The molecule has 1 amide bonds.